The highest BCUT2D eigenvalue weighted by molar-refractivity contribution is 5.86. The van der Waals surface area contributed by atoms with Crippen molar-refractivity contribution >= 4 is 5.97 Å². The molecule has 4 nitrogen and oxygen atoms in total. The molecule has 1 unspecified atom stereocenters. The molecule has 0 aromatic rings. The molecule has 0 aromatic heterocycles. The number of carbonyl (C=O) groups excluding carboxylic acids is 1. The van der Waals surface area contributed by atoms with Gasteiger partial charge >= 0.3 is 5.97 Å². The van der Waals surface area contributed by atoms with Gasteiger partial charge in [-0.1, -0.05) is 20.4 Å². The molecule has 0 aromatic carbocycles. The van der Waals surface area contributed by atoms with Crippen LogP contribution in [0.1, 0.15) is 40.5 Å². The van der Waals surface area contributed by atoms with Crippen molar-refractivity contribution in [2.75, 3.05) is 19.8 Å². The molecule has 0 N–H and O–H groups in total. The molecule has 1 saturated heterocycles. The second-order valence-corrected chi connectivity index (χ2v) is 5.42. The van der Waals surface area contributed by atoms with E-state index >= 15 is 0 Å². The van der Waals surface area contributed by atoms with Crippen molar-refractivity contribution in [2.24, 2.45) is 11.8 Å². The van der Waals surface area contributed by atoms with Crippen molar-refractivity contribution in [1.82, 2.24) is 0 Å². The second-order valence-electron chi connectivity index (χ2n) is 5.42. The van der Waals surface area contributed by atoms with Gasteiger partial charge in [-0.3, -0.25) is 0 Å². The fourth-order valence-electron chi connectivity index (χ4n) is 2.03. The number of hydrogen-bond donors (Lipinski definition) is 0. The quantitative estimate of drug-likeness (QED) is 0.550. The normalized spacial score (nSPS) is 28.7. The minimum atomic E-state index is -0.455. The third-order valence-corrected chi connectivity index (χ3v) is 3.82. The van der Waals surface area contributed by atoms with Crippen LogP contribution in [0.5, 0.6) is 0 Å². The maximum Gasteiger partial charge on any atom is 0.333 e. The van der Waals surface area contributed by atoms with Gasteiger partial charge in [0.25, 0.3) is 0 Å². The monoisotopic (exact) mass is 270 g/mol. The minimum Gasteiger partial charge on any atom is -0.462 e. The summed E-state index contributed by atoms with van der Waals surface area (Å²) in [6.07, 6.45) is 1.77. The molecule has 1 atom stereocenters. The maximum absolute atomic E-state index is 11.4. The van der Waals surface area contributed by atoms with Crippen LogP contribution in [-0.2, 0) is 19.0 Å². The standard InChI is InChI=1S/C15H26O4/c1-6-12(8-17-14(16)11(3)4)13-9-18-15(5,7-2)19-10-13/h12-13H,3,6-10H2,1-2,4-5H3. The molecule has 1 fully saturated rings. The summed E-state index contributed by atoms with van der Waals surface area (Å²) in [5, 5.41) is 0. The van der Waals surface area contributed by atoms with Crippen molar-refractivity contribution in [3.05, 3.63) is 12.2 Å². The Kier molecular flexibility index (Phi) is 6.01. The van der Waals surface area contributed by atoms with Crippen LogP contribution in [0.3, 0.4) is 0 Å². The first-order valence-electron chi connectivity index (χ1n) is 7.02. The summed E-state index contributed by atoms with van der Waals surface area (Å²) >= 11 is 0. The lowest BCUT2D eigenvalue weighted by atomic mass is 9.91. The molecule has 1 rings (SSSR count). The van der Waals surface area contributed by atoms with E-state index in [2.05, 4.69) is 13.5 Å². The third-order valence-electron chi connectivity index (χ3n) is 3.82. The fraction of sp³-hybridized carbons (Fsp3) is 0.800. The topological polar surface area (TPSA) is 44.8 Å². The van der Waals surface area contributed by atoms with E-state index in [4.69, 9.17) is 14.2 Å². The predicted octanol–water partition coefficient (Wildman–Crippen LogP) is 2.92. The summed E-state index contributed by atoms with van der Waals surface area (Å²) in [6.45, 7) is 13.1. The van der Waals surface area contributed by atoms with Gasteiger partial charge in [-0.05, 0) is 26.7 Å². The molecule has 0 aliphatic carbocycles. The van der Waals surface area contributed by atoms with E-state index in [1.165, 1.54) is 0 Å². The van der Waals surface area contributed by atoms with Gasteiger partial charge in [0.05, 0.1) is 19.8 Å². The Hall–Kier alpha value is -0.870. The third kappa shape index (κ3) is 4.62. The molecule has 19 heavy (non-hydrogen) atoms. The lowest BCUT2D eigenvalue weighted by molar-refractivity contribution is -0.280. The fourth-order valence-corrected chi connectivity index (χ4v) is 2.03. The first-order chi connectivity index (χ1) is 8.91. The smallest absolute Gasteiger partial charge is 0.333 e. The zero-order chi connectivity index (χ0) is 14.5. The Morgan fingerprint density at radius 3 is 2.42 bits per heavy atom. The molecule has 0 radical (unpaired) electrons. The molecule has 0 spiro atoms. The average molecular weight is 270 g/mol. The summed E-state index contributed by atoms with van der Waals surface area (Å²) in [4.78, 5) is 11.4. The lowest BCUT2D eigenvalue weighted by Gasteiger charge is -2.39. The van der Waals surface area contributed by atoms with Gasteiger partial charge in [0.2, 0.25) is 0 Å². The van der Waals surface area contributed by atoms with Crippen LogP contribution in [-0.4, -0.2) is 31.6 Å². The van der Waals surface area contributed by atoms with Crippen LogP contribution < -0.4 is 0 Å². The van der Waals surface area contributed by atoms with Crippen molar-refractivity contribution in [2.45, 2.75) is 46.3 Å². The van der Waals surface area contributed by atoms with Gasteiger partial charge in [0.15, 0.2) is 5.79 Å². The summed E-state index contributed by atoms with van der Waals surface area (Å²) < 4.78 is 16.8. The minimum absolute atomic E-state index is 0.268. The van der Waals surface area contributed by atoms with Gasteiger partial charge in [-0.25, -0.2) is 4.79 Å². The highest BCUT2D eigenvalue weighted by Gasteiger charge is 2.34. The summed E-state index contributed by atoms with van der Waals surface area (Å²) in [5.74, 6) is -0.231. The van der Waals surface area contributed by atoms with Crippen LogP contribution in [0, 0.1) is 11.8 Å². The molecule has 0 saturated carbocycles. The van der Waals surface area contributed by atoms with E-state index in [0.717, 1.165) is 12.8 Å². The van der Waals surface area contributed by atoms with Crippen LogP contribution in [0.25, 0.3) is 0 Å². The largest absolute Gasteiger partial charge is 0.462 e. The molecular formula is C15H26O4. The zero-order valence-corrected chi connectivity index (χ0v) is 12.5. The SMILES string of the molecule is C=C(C)C(=O)OCC(CC)C1COC(C)(CC)OC1. The Morgan fingerprint density at radius 1 is 1.42 bits per heavy atom. The number of ether oxygens (including phenoxy) is 3. The van der Waals surface area contributed by atoms with E-state index < -0.39 is 5.79 Å². The van der Waals surface area contributed by atoms with Crippen molar-refractivity contribution < 1.29 is 19.0 Å². The van der Waals surface area contributed by atoms with E-state index in [0.29, 0.717) is 25.4 Å². The number of rotatable bonds is 6. The Morgan fingerprint density at radius 2 is 2.00 bits per heavy atom. The first kappa shape index (κ1) is 16.2. The predicted molar refractivity (Wildman–Crippen MR) is 73.6 cm³/mol. The second kappa shape index (κ2) is 7.06. The van der Waals surface area contributed by atoms with Crippen molar-refractivity contribution in [1.29, 1.82) is 0 Å². The first-order valence-corrected chi connectivity index (χ1v) is 7.02. The highest BCUT2D eigenvalue weighted by atomic mass is 16.7. The molecule has 1 aliphatic rings. The lowest BCUT2D eigenvalue weighted by Crippen LogP contribution is -2.44. The highest BCUT2D eigenvalue weighted by Crippen LogP contribution is 2.29. The van der Waals surface area contributed by atoms with E-state index in [1.54, 1.807) is 6.92 Å². The maximum atomic E-state index is 11.4. The molecule has 0 bridgehead atoms. The van der Waals surface area contributed by atoms with Gasteiger partial charge < -0.3 is 14.2 Å². The van der Waals surface area contributed by atoms with Crippen LogP contribution in [0.4, 0.5) is 0 Å². The van der Waals surface area contributed by atoms with Crippen LogP contribution in [0.2, 0.25) is 0 Å². The van der Waals surface area contributed by atoms with E-state index in [9.17, 15) is 4.79 Å². The van der Waals surface area contributed by atoms with Gasteiger partial charge in [0.1, 0.15) is 0 Å². The Balaban J connectivity index is 2.44. The molecule has 1 aliphatic heterocycles. The average Bonchev–Trinajstić information content (AvgIpc) is 2.41. The van der Waals surface area contributed by atoms with Gasteiger partial charge in [0, 0.05) is 17.4 Å². The summed E-state index contributed by atoms with van der Waals surface area (Å²) in [5.41, 5.74) is 0.435. The molecule has 110 valence electrons. The number of esters is 1. The molecule has 4 heteroatoms. The molecule has 0 amide bonds. The summed E-state index contributed by atoms with van der Waals surface area (Å²) in [6, 6.07) is 0. The van der Waals surface area contributed by atoms with Crippen LogP contribution >= 0.6 is 0 Å². The number of carbonyl (C=O) groups is 1. The van der Waals surface area contributed by atoms with Crippen molar-refractivity contribution in [3.8, 4) is 0 Å². The van der Waals surface area contributed by atoms with Crippen molar-refractivity contribution in [3.63, 3.8) is 0 Å². The summed E-state index contributed by atoms with van der Waals surface area (Å²) in [7, 11) is 0. The van der Waals surface area contributed by atoms with Gasteiger partial charge in [-0.15, -0.1) is 0 Å². The molecule has 1 heterocycles. The Labute approximate surface area is 116 Å². The molecular weight excluding hydrogens is 244 g/mol. The van der Waals surface area contributed by atoms with Crippen LogP contribution in [0.15, 0.2) is 12.2 Å². The van der Waals surface area contributed by atoms with Gasteiger partial charge in [-0.2, -0.15) is 0 Å². The zero-order valence-electron chi connectivity index (χ0n) is 12.5. The Bertz CT molecular complexity index is 316. The van der Waals surface area contributed by atoms with E-state index in [1.807, 2.05) is 13.8 Å². The van der Waals surface area contributed by atoms with E-state index in [-0.39, 0.29) is 17.8 Å². The number of hydrogen-bond acceptors (Lipinski definition) is 4.